The molecule has 0 spiro atoms. The molecule has 2 nitrogen and oxygen atoms in total. The van der Waals surface area contributed by atoms with Crippen molar-refractivity contribution in [2.75, 3.05) is 0 Å². The minimum atomic E-state index is 0.0741. The molecule has 0 N–H and O–H groups in total. The molecular formula is C10H20O2. The van der Waals surface area contributed by atoms with Crippen LogP contribution in [0.4, 0.5) is 0 Å². The first-order chi connectivity index (χ1) is 5.58. The van der Waals surface area contributed by atoms with Crippen molar-refractivity contribution in [2.24, 2.45) is 5.41 Å². The van der Waals surface area contributed by atoms with E-state index in [-0.39, 0.29) is 11.5 Å². The second kappa shape index (κ2) is 5.18. The number of ether oxygens (including phenoxy) is 1. The lowest BCUT2D eigenvalue weighted by molar-refractivity contribution is -0.140. The standard InChI is InChI=1S/C10H20O2/c1-5-7-9(12-8-11)10(3,4)6-2/h8-9H,5-7H2,1-4H3. The molecule has 0 aromatic carbocycles. The van der Waals surface area contributed by atoms with Crippen molar-refractivity contribution in [3.8, 4) is 0 Å². The minimum absolute atomic E-state index is 0.0741. The van der Waals surface area contributed by atoms with Crippen LogP contribution < -0.4 is 0 Å². The molecule has 0 aromatic heterocycles. The number of rotatable bonds is 6. The van der Waals surface area contributed by atoms with Gasteiger partial charge in [-0.15, -0.1) is 0 Å². The van der Waals surface area contributed by atoms with Gasteiger partial charge in [-0.05, 0) is 12.8 Å². The average Bonchev–Trinajstić information content (AvgIpc) is 2.04. The Morgan fingerprint density at radius 1 is 1.42 bits per heavy atom. The monoisotopic (exact) mass is 172 g/mol. The first-order valence-corrected chi connectivity index (χ1v) is 4.67. The lowest BCUT2D eigenvalue weighted by Crippen LogP contribution is -2.31. The second-order valence-electron chi connectivity index (χ2n) is 3.85. The highest BCUT2D eigenvalue weighted by molar-refractivity contribution is 5.37. The normalized spacial score (nSPS) is 14.0. The summed E-state index contributed by atoms with van der Waals surface area (Å²) in [6.45, 7) is 9.06. The van der Waals surface area contributed by atoms with E-state index in [9.17, 15) is 4.79 Å². The van der Waals surface area contributed by atoms with Gasteiger partial charge in [-0.2, -0.15) is 0 Å². The summed E-state index contributed by atoms with van der Waals surface area (Å²) in [6, 6.07) is 0. The Bertz CT molecular complexity index is 130. The van der Waals surface area contributed by atoms with Crippen molar-refractivity contribution < 1.29 is 9.53 Å². The third kappa shape index (κ3) is 3.24. The fourth-order valence-corrected chi connectivity index (χ4v) is 1.20. The molecule has 1 unspecified atom stereocenters. The fraction of sp³-hybridized carbons (Fsp3) is 0.900. The molecule has 72 valence electrons. The maximum Gasteiger partial charge on any atom is 0.293 e. The molecule has 0 aliphatic rings. The quantitative estimate of drug-likeness (QED) is 0.576. The molecule has 0 aliphatic heterocycles. The third-order valence-electron chi connectivity index (χ3n) is 2.55. The highest BCUT2D eigenvalue weighted by atomic mass is 16.5. The third-order valence-corrected chi connectivity index (χ3v) is 2.55. The van der Waals surface area contributed by atoms with Gasteiger partial charge in [0.25, 0.3) is 6.47 Å². The van der Waals surface area contributed by atoms with Gasteiger partial charge >= 0.3 is 0 Å². The largest absolute Gasteiger partial charge is 0.464 e. The molecule has 0 fully saturated rings. The highest BCUT2D eigenvalue weighted by Crippen LogP contribution is 2.29. The Labute approximate surface area is 75.3 Å². The predicted molar refractivity (Wildman–Crippen MR) is 49.9 cm³/mol. The average molecular weight is 172 g/mol. The maximum absolute atomic E-state index is 10.2. The van der Waals surface area contributed by atoms with E-state index in [1.54, 1.807) is 0 Å². The smallest absolute Gasteiger partial charge is 0.293 e. The van der Waals surface area contributed by atoms with Crippen LogP contribution in [0.3, 0.4) is 0 Å². The van der Waals surface area contributed by atoms with Gasteiger partial charge < -0.3 is 4.74 Å². The molecule has 0 radical (unpaired) electrons. The molecule has 1 atom stereocenters. The summed E-state index contributed by atoms with van der Waals surface area (Å²) in [5.74, 6) is 0. The zero-order valence-electron chi connectivity index (χ0n) is 8.59. The van der Waals surface area contributed by atoms with Crippen molar-refractivity contribution in [1.82, 2.24) is 0 Å². The summed E-state index contributed by atoms with van der Waals surface area (Å²) in [5, 5.41) is 0. The summed E-state index contributed by atoms with van der Waals surface area (Å²) in [4.78, 5) is 10.2. The first kappa shape index (κ1) is 11.5. The number of hydrogen-bond donors (Lipinski definition) is 0. The summed E-state index contributed by atoms with van der Waals surface area (Å²) in [7, 11) is 0. The summed E-state index contributed by atoms with van der Waals surface area (Å²) in [5.41, 5.74) is 0.108. The lowest BCUT2D eigenvalue weighted by Gasteiger charge is -2.31. The van der Waals surface area contributed by atoms with Crippen LogP contribution in [0.1, 0.15) is 47.0 Å². The molecule has 0 aromatic rings. The Balaban J connectivity index is 4.15. The van der Waals surface area contributed by atoms with E-state index in [4.69, 9.17) is 4.74 Å². The zero-order valence-corrected chi connectivity index (χ0v) is 8.59. The van der Waals surface area contributed by atoms with Gasteiger partial charge in [-0.25, -0.2) is 0 Å². The van der Waals surface area contributed by atoms with E-state index < -0.39 is 0 Å². The molecule has 12 heavy (non-hydrogen) atoms. The zero-order chi connectivity index (χ0) is 9.61. The van der Waals surface area contributed by atoms with Gasteiger partial charge in [0, 0.05) is 5.41 Å². The van der Waals surface area contributed by atoms with Crippen molar-refractivity contribution in [3.63, 3.8) is 0 Å². The van der Waals surface area contributed by atoms with E-state index >= 15 is 0 Å². The van der Waals surface area contributed by atoms with Gasteiger partial charge in [0.2, 0.25) is 0 Å². The van der Waals surface area contributed by atoms with Crippen molar-refractivity contribution in [2.45, 2.75) is 53.1 Å². The Kier molecular flexibility index (Phi) is 4.95. The van der Waals surface area contributed by atoms with E-state index in [1.165, 1.54) is 0 Å². The Morgan fingerprint density at radius 3 is 2.33 bits per heavy atom. The van der Waals surface area contributed by atoms with Crippen LogP contribution in [0.5, 0.6) is 0 Å². The first-order valence-electron chi connectivity index (χ1n) is 4.67. The molecule has 0 bridgehead atoms. The maximum atomic E-state index is 10.2. The van der Waals surface area contributed by atoms with Crippen LogP contribution in [-0.2, 0) is 9.53 Å². The van der Waals surface area contributed by atoms with Gasteiger partial charge in [-0.1, -0.05) is 34.1 Å². The minimum Gasteiger partial charge on any atom is -0.464 e. The molecule has 0 aliphatic carbocycles. The van der Waals surface area contributed by atoms with Crippen molar-refractivity contribution in [1.29, 1.82) is 0 Å². The summed E-state index contributed by atoms with van der Waals surface area (Å²) in [6.07, 6.45) is 3.12. The topological polar surface area (TPSA) is 26.3 Å². The van der Waals surface area contributed by atoms with Crippen molar-refractivity contribution >= 4 is 6.47 Å². The Morgan fingerprint density at radius 2 is 2.00 bits per heavy atom. The van der Waals surface area contributed by atoms with E-state index in [2.05, 4.69) is 27.7 Å². The molecule has 0 saturated carbocycles. The van der Waals surface area contributed by atoms with E-state index in [0.29, 0.717) is 6.47 Å². The summed E-state index contributed by atoms with van der Waals surface area (Å²) < 4.78 is 5.06. The molecular weight excluding hydrogens is 152 g/mol. The molecule has 0 rings (SSSR count). The fourth-order valence-electron chi connectivity index (χ4n) is 1.20. The van der Waals surface area contributed by atoms with Gasteiger partial charge in [0.05, 0.1) is 0 Å². The molecule has 0 heterocycles. The van der Waals surface area contributed by atoms with E-state index in [1.807, 2.05) is 0 Å². The SMILES string of the molecule is CCCC(OC=O)C(C)(C)CC. The van der Waals surface area contributed by atoms with Crippen LogP contribution in [0, 0.1) is 5.41 Å². The molecule has 0 saturated heterocycles. The highest BCUT2D eigenvalue weighted by Gasteiger charge is 2.28. The van der Waals surface area contributed by atoms with Crippen LogP contribution >= 0.6 is 0 Å². The van der Waals surface area contributed by atoms with Gasteiger partial charge in [0.1, 0.15) is 6.10 Å². The molecule has 2 heteroatoms. The van der Waals surface area contributed by atoms with Crippen LogP contribution in [0.25, 0.3) is 0 Å². The summed E-state index contributed by atoms with van der Waals surface area (Å²) >= 11 is 0. The molecule has 0 amide bonds. The van der Waals surface area contributed by atoms with Gasteiger partial charge in [-0.3, -0.25) is 4.79 Å². The second-order valence-corrected chi connectivity index (χ2v) is 3.85. The number of hydrogen-bond acceptors (Lipinski definition) is 2. The lowest BCUT2D eigenvalue weighted by atomic mass is 9.82. The van der Waals surface area contributed by atoms with Crippen LogP contribution in [0.2, 0.25) is 0 Å². The number of carbonyl (C=O) groups excluding carboxylic acids is 1. The predicted octanol–water partition coefficient (Wildman–Crippen LogP) is 2.76. The van der Waals surface area contributed by atoms with E-state index in [0.717, 1.165) is 19.3 Å². The van der Waals surface area contributed by atoms with Crippen molar-refractivity contribution in [3.05, 3.63) is 0 Å². The number of carbonyl (C=O) groups is 1. The van der Waals surface area contributed by atoms with Gasteiger partial charge in [0.15, 0.2) is 0 Å². The van der Waals surface area contributed by atoms with Crippen LogP contribution in [-0.4, -0.2) is 12.6 Å². The van der Waals surface area contributed by atoms with Crippen LogP contribution in [0.15, 0.2) is 0 Å². The Hall–Kier alpha value is -0.530.